The molecule has 2 aromatic heterocycles. The number of piperidine rings is 1. The van der Waals surface area contributed by atoms with Crippen molar-refractivity contribution in [2.24, 2.45) is 5.92 Å². The first-order valence-corrected chi connectivity index (χ1v) is 13.5. The SMILES string of the molecule is O=C(C1CCCN(c2ccc(-n3ccnc3-c3ccccc3)nn2)C1)N1CCN(c2cccc(Cl)c2)CC1. The Morgan fingerprint density at radius 1 is 0.842 bits per heavy atom. The number of rotatable bonds is 5. The van der Waals surface area contributed by atoms with E-state index in [1.54, 1.807) is 6.20 Å². The fourth-order valence-corrected chi connectivity index (χ4v) is 5.59. The van der Waals surface area contributed by atoms with Gasteiger partial charge in [-0.3, -0.25) is 9.36 Å². The van der Waals surface area contributed by atoms with Gasteiger partial charge in [-0.1, -0.05) is 48.0 Å². The molecular formula is C29H30ClN7O. The van der Waals surface area contributed by atoms with Crippen molar-refractivity contribution in [3.8, 4) is 17.2 Å². The number of halogens is 1. The van der Waals surface area contributed by atoms with E-state index in [1.165, 1.54) is 0 Å². The first kappa shape index (κ1) is 24.4. The smallest absolute Gasteiger partial charge is 0.227 e. The van der Waals surface area contributed by atoms with Crippen LogP contribution in [0.4, 0.5) is 11.5 Å². The van der Waals surface area contributed by atoms with E-state index in [4.69, 9.17) is 11.6 Å². The van der Waals surface area contributed by atoms with E-state index in [-0.39, 0.29) is 11.8 Å². The number of imidazole rings is 1. The van der Waals surface area contributed by atoms with Crippen molar-refractivity contribution in [1.29, 1.82) is 0 Å². The van der Waals surface area contributed by atoms with Gasteiger partial charge in [0.25, 0.3) is 0 Å². The van der Waals surface area contributed by atoms with Crippen molar-refractivity contribution in [1.82, 2.24) is 24.6 Å². The second-order valence-electron chi connectivity index (χ2n) is 9.81. The summed E-state index contributed by atoms with van der Waals surface area (Å²) in [5.41, 5.74) is 2.14. The number of aromatic nitrogens is 4. The van der Waals surface area contributed by atoms with E-state index in [9.17, 15) is 4.79 Å². The third-order valence-corrected chi connectivity index (χ3v) is 7.65. The molecule has 2 fully saturated rings. The Bertz CT molecular complexity index is 1380. The van der Waals surface area contributed by atoms with Crippen molar-refractivity contribution in [2.45, 2.75) is 12.8 Å². The molecule has 0 radical (unpaired) electrons. The number of nitrogens with zero attached hydrogens (tertiary/aromatic N) is 7. The van der Waals surface area contributed by atoms with Crippen LogP contribution < -0.4 is 9.80 Å². The van der Waals surface area contributed by atoms with Crippen LogP contribution >= 0.6 is 11.6 Å². The molecule has 0 N–H and O–H groups in total. The van der Waals surface area contributed by atoms with E-state index >= 15 is 0 Å². The molecule has 8 nitrogen and oxygen atoms in total. The van der Waals surface area contributed by atoms with Gasteiger partial charge in [-0.2, -0.15) is 0 Å². The number of piperazine rings is 1. The fourth-order valence-electron chi connectivity index (χ4n) is 5.41. The zero-order chi connectivity index (χ0) is 25.9. The van der Waals surface area contributed by atoms with Crippen molar-refractivity contribution in [3.05, 3.63) is 84.1 Å². The second-order valence-corrected chi connectivity index (χ2v) is 10.3. The number of benzene rings is 2. The highest BCUT2D eigenvalue weighted by atomic mass is 35.5. The fraction of sp³-hybridized carbons (Fsp3) is 0.310. The zero-order valence-electron chi connectivity index (χ0n) is 21.2. The molecule has 38 heavy (non-hydrogen) atoms. The summed E-state index contributed by atoms with van der Waals surface area (Å²) in [6, 6.07) is 21.9. The predicted octanol–water partition coefficient (Wildman–Crippen LogP) is 4.55. The van der Waals surface area contributed by atoms with Gasteiger partial charge in [-0.25, -0.2) is 4.98 Å². The summed E-state index contributed by atoms with van der Waals surface area (Å²) in [6.45, 7) is 4.63. The quantitative estimate of drug-likeness (QED) is 0.379. The Kier molecular flexibility index (Phi) is 6.96. The lowest BCUT2D eigenvalue weighted by Crippen LogP contribution is -2.52. The second kappa shape index (κ2) is 10.8. The standard InChI is InChI=1S/C29H30ClN7O/c30-24-9-4-10-25(20-24)34-16-18-35(19-17-34)29(38)23-8-5-14-36(21-23)26-11-12-27(33-32-26)37-15-13-31-28(37)22-6-2-1-3-7-22/h1-4,6-7,9-13,15,20,23H,5,8,14,16-19,21H2. The lowest BCUT2D eigenvalue weighted by molar-refractivity contribution is -0.136. The maximum Gasteiger partial charge on any atom is 0.227 e. The number of amides is 1. The van der Waals surface area contributed by atoms with Crippen LogP contribution in [0.25, 0.3) is 17.2 Å². The molecule has 2 saturated heterocycles. The van der Waals surface area contributed by atoms with Crippen LogP contribution in [0.3, 0.4) is 0 Å². The van der Waals surface area contributed by atoms with Crippen LogP contribution in [0.2, 0.25) is 5.02 Å². The predicted molar refractivity (Wildman–Crippen MR) is 150 cm³/mol. The number of anilines is 2. The minimum Gasteiger partial charge on any atom is -0.368 e. The van der Waals surface area contributed by atoms with Crippen LogP contribution in [-0.4, -0.2) is 69.8 Å². The summed E-state index contributed by atoms with van der Waals surface area (Å²) in [5, 5.41) is 9.78. The molecule has 6 rings (SSSR count). The normalized spacial score (nSPS) is 18.0. The van der Waals surface area contributed by atoms with E-state index in [2.05, 4.69) is 31.0 Å². The number of hydrogen-bond donors (Lipinski definition) is 0. The number of hydrogen-bond acceptors (Lipinski definition) is 6. The van der Waals surface area contributed by atoms with Crippen LogP contribution in [0, 0.1) is 5.92 Å². The van der Waals surface area contributed by atoms with E-state index in [0.717, 1.165) is 73.5 Å². The van der Waals surface area contributed by atoms with E-state index < -0.39 is 0 Å². The molecule has 2 aliphatic heterocycles. The Hall–Kier alpha value is -3.91. The summed E-state index contributed by atoms with van der Waals surface area (Å²) in [6.07, 6.45) is 5.54. The molecule has 1 amide bonds. The first-order chi connectivity index (χ1) is 18.7. The van der Waals surface area contributed by atoms with Crippen molar-refractivity contribution in [2.75, 3.05) is 49.1 Å². The van der Waals surface area contributed by atoms with Gasteiger partial charge in [0.2, 0.25) is 5.91 Å². The highest BCUT2D eigenvalue weighted by Crippen LogP contribution is 2.26. The minimum absolute atomic E-state index is 0.0266. The zero-order valence-corrected chi connectivity index (χ0v) is 21.9. The first-order valence-electron chi connectivity index (χ1n) is 13.1. The Morgan fingerprint density at radius 2 is 1.63 bits per heavy atom. The summed E-state index contributed by atoms with van der Waals surface area (Å²) < 4.78 is 1.94. The molecule has 2 aliphatic rings. The van der Waals surface area contributed by atoms with Crippen LogP contribution in [0.5, 0.6) is 0 Å². The summed E-state index contributed by atoms with van der Waals surface area (Å²) >= 11 is 6.17. The lowest BCUT2D eigenvalue weighted by atomic mass is 9.96. The van der Waals surface area contributed by atoms with Crippen LogP contribution in [0.15, 0.2) is 79.1 Å². The van der Waals surface area contributed by atoms with Gasteiger partial charge in [0, 0.05) is 67.9 Å². The molecule has 0 saturated carbocycles. The third-order valence-electron chi connectivity index (χ3n) is 7.42. The molecule has 4 aromatic rings. The average Bonchev–Trinajstić information content (AvgIpc) is 3.48. The van der Waals surface area contributed by atoms with Gasteiger partial charge in [0.15, 0.2) is 11.6 Å². The molecule has 0 aliphatic carbocycles. The molecule has 9 heteroatoms. The molecule has 1 unspecified atom stereocenters. The molecule has 1 atom stereocenters. The summed E-state index contributed by atoms with van der Waals surface area (Å²) in [4.78, 5) is 24.4. The molecule has 0 spiro atoms. The Labute approximate surface area is 227 Å². The van der Waals surface area contributed by atoms with Gasteiger partial charge >= 0.3 is 0 Å². The third kappa shape index (κ3) is 5.09. The lowest BCUT2D eigenvalue weighted by Gasteiger charge is -2.40. The molecule has 4 heterocycles. The van der Waals surface area contributed by atoms with Crippen LogP contribution in [0.1, 0.15) is 12.8 Å². The largest absolute Gasteiger partial charge is 0.368 e. The van der Waals surface area contributed by atoms with Crippen molar-refractivity contribution >= 4 is 29.0 Å². The van der Waals surface area contributed by atoms with Crippen molar-refractivity contribution < 1.29 is 4.79 Å². The Balaban J connectivity index is 1.09. The number of carbonyl (C=O) groups excluding carboxylic acids is 1. The van der Waals surface area contributed by atoms with Crippen molar-refractivity contribution in [3.63, 3.8) is 0 Å². The highest BCUT2D eigenvalue weighted by Gasteiger charge is 2.31. The van der Waals surface area contributed by atoms with Gasteiger partial charge < -0.3 is 14.7 Å². The average molecular weight is 528 g/mol. The maximum absolute atomic E-state index is 13.4. The molecule has 0 bridgehead atoms. The molecule has 2 aromatic carbocycles. The summed E-state index contributed by atoms with van der Waals surface area (Å²) in [7, 11) is 0. The van der Waals surface area contributed by atoms with Crippen LogP contribution in [-0.2, 0) is 4.79 Å². The topological polar surface area (TPSA) is 70.4 Å². The Morgan fingerprint density at radius 3 is 2.39 bits per heavy atom. The molecule has 194 valence electrons. The highest BCUT2D eigenvalue weighted by molar-refractivity contribution is 6.30. The summed E-state index contributed by atoms with van der Waals surface area (Å²) in [5.74, 6) is 2.56. The van der Waals surface area contributed by atoms with Gasteiger partial charge in [0.1, 0.15) is 5.82 Å². The number of carbonyl (C=O) groups is 1. The minimum atomic E-state index is -0.0266. The maximum atomic E-state index is 13.4. The van der Waals surface area contributed by atoms with Gasteiger partial charge in [-0.15, -0.1) is 10.2 Å². The van der Waals surface area contributed by atoms with Gasteiger partial charge in [-0.05, 0) is 43.2 Å². The monoisotopic (exact) mass is 527 g/mol. The van der Waals surface area contributed by atoms with E-state index in [1.807, 2.05) is 76.3 Å². The van der Waals surface area contributed by atoms with E-state index in [0.29, 0.717) is 12.4 Å². The van der Waals surface area contributed by atoms with Gasteiger partial charge in [0.05, 0.1) is 5.92 Å². The molecular weight excluding hydrogens is 498 g/mol.